The van der Waals surface area contributed by atoms with Gasteiger partial charge in [-0.2, -0.15) is 0 Å². The van der Waals surface area contributed by atoms with E-state index in [0.29, 0.717) is 5.69 Å². The van der Waals surface area contributed by atoms with E-state index < -0.39 is 0 Å². The highest BCUT2D eigenvalue weighted by Crippen LogP contribution is 2.25. The smallest absolute Gasteiger partial charge is 0.166 e. The van der Waals surface area contributed by atoms with Gasteiger partial charge in [-0.3, -0.25) is 4.79 Å². The second-order valence-electron chi connectivity index (χ2n) is 3.71. The monoisotopic (exact) mass is 199 g/mol. The Bertz CT molecular complexity index is 477. The lowest BCUT2D eigenvalue weighted by Gasteiger charge is -2.07. The number of carbonyl (C=O) groups is 1. The molecule has 0 aliphatic rings. The van der Waals surface area contributed by atoms with Gasteiger partial charge in [0.1, 0.15) is 0 Å². The molecule has 1 heterocycles. The first kappa shape index (κ1) is 9.71. The molecule has 0 amide bonds. The lowest BCUT2D eigenvalue weighted by atomic mass is 10.0. The van der Waals surface area contributed by atoms with E-state index in [9.17, 15) is 4.79 Å². The predicted octanol–water partition coefficient (Wildman–Crippen LogP) is 3.11. The van der Waals surface area contributed by atoms with Gasteiger partial charge in [0.2, 0.25) is 0 Å². The number of rotatable bonds is 2. The highest BCUT2D eigenvalue weighted by Gasteiger charge is 2.06. The molecule has 0 bridgehead atoms. The Morgan fingerprint density at radius 2 is 1.73 bits per heavy atom. The Labute approximate surface area is 89.0 Å². The number of carbonyl (C=O) groups excluding carboxylic acids is 1. The first-order valence-corrected chi connectivity index (χ1v) is 4.93. The molecule has 2 aromatic rings. The Balaban J connectivity index is 2.58. The first-order chi connectivity index (χ1) is 7.22. The number of aldehydes is 1. The molecule has 0 atom stereocenters. The zero-order valence-corrected chi connectivity index (χ0v) is 8.87. The second-order valence-corrected chi connectivity index (χ2v) is 3.71. The average molecular weight is 199 g/mol. The Hall–Kier alpha value is -1.83. The van der Waals surface area contributed by atoms with Gasteiger partial charge in [0.05, 0.1) is 5.69 Å². The molecule has 0 aliphatic carbocycles. The molecule has 0 saturated carbocycles. The number of benzene rings is 1. The molecule has 0 radical (unpaired) electrons. The van der Waals surface area contributed by atoms with E-state index in [-0.39, 0.29) is 0 Å². The van der Waals surface area contributed by atoms with Gasteiger partial charge in [-0.1, -0.05) is 18.2 Å². The van der Waals surface area contributed by atoms with Crippen LogP contribution in [0.25, 0.3) is 11.3 Å². The molecule has 2 heteroatoms. The molecule has 15 heavy (non-hydrogen) atoms. The summed E-state index contributed by atoms with van der Waals surface area (Å²) in [5.41, 5.74) is 5.24. The van der Waals surface area contributed by atoms with E-state index in [1.165, 1.54) is 16.7 Å². The van der Waals surface area contributed by atoms with Crippen LogP contribution in [0.2, 0.25) is 0 Å². The molecule has 1 aromatic carbocycles. The van der Waals surface area contributed by atoms with Crippen LogP contribution in [0.15, 0.2) is 30.3 Å². The van der Waals surface area contributed by atoms with Crippen LogP contribution in [-0.2, 0) is 0 Å². The van der Waals surface area contributed by atoms with Gasteiger partial charge in [-0.15, -0.1) is 0 Å². The Morgan fingerprint density at radius 1 is 1.07 bits per heavy atom. The van der Waals surface area contributed by atoms with Crippen LogP contribution < -0.4 is 0 Å². The lowest BCUT2D eigenvalue weighted by molar-refractivity contribution is 0.111. The van der Waals surface area contributed by atoms with Crippen molar-refractivity contribution in [3.63, 3.8) is 0 Å². The SMILES string of the molecule is Cc1cccc(C)c1-c1ccc(C=O)[nH]1. The maximum Gasteiger partial charge on any atom is 0.166 e. The van der Waals surface area contributed by atoms with Crippen molar-refractivity contribution in [2.75, 3.05) is 0 Å². The van der Waals surface area contributed by atoms with Gasteiger partial charge in [-0.25, -0.2) is 0 Å². The molecule has 1 N–H and O–H groups in total. The number of aromatic nitrogens is 1. The van der Waals surface area contributed by atoms with E-state index in [4.69, 9.17) is 0 Å². The van der Waals surface area contributed by atoms with Crippen LogP contribution in [0, 0.1) is 13.8 Å². The Kier molecular flexibility index (Phi) is 2.42. The summed E-state index contributed by atoms with van der Waals surface area (Å²) in [7, 11) is 0. The second kappa shape index (κ2) is 3.73. The van der Waals surface area contributed by atoms with E-state index >= 15 is 0 Å². The molecular weight excluding hydrogens is 186 g/mol. The third kappa shape index (κ3) is 1.71. The minimum atomic E-state index is 0.618. The molecule has 0 unspecified atom stereocenters. The van der Waals surface area contributed by atoms with Crippen molar-refractivity contribution < 1.29 is 4.79 Å². The van der Waals surface area contributed by atoms with Crippen molar-refractivity contribution in [3.05, 3.63) is 47.2 Å². The number of H-pyrrole nitrogens is 1. The van der Waals surface area contributed by atoms with E-state index in [1.54, 1.807) is 6.07 Å². The average Bonchev–Trinajstić information content (AvgIpc) is 2.66. The molecular formula is C13H13NO. The number of nitrogens with one attached hydrogen (secondary N) is 1. The quantitative estimate of drug-likeness (QED) is 0.740. The number of aryl methyl sites for hydroxylation is 2. The summed E-state index contributed by atoms with van der Waals surface area (Å²) in [6.45, 7) is 4.15. The van der Waals surface area contributed by atoms with Crippen LogP contribution >= 0.6 is 0 Å². The van der Waals surface area contributed by atoms with E-state index in [1.807, 2.05) is 12.1 Å². The number of aromatic amines is 1. The van der Waals surface area contributed by atoms with Crippen molar-refractivity contribution in [2.45, 2.75) is 13.8 Å². The summed E-state index contributed by atoms with van der Waals surface area (Å²) >= 11 is 0. The van der Waals surface area contributed by atoms with E-state index in [0.717, 1.165) is 12.0 Å². The van der Waals surface area contributed by atoms with E-state index in [2.05, 4.69) is 31.0 Å². The molecule has 0 aliphatic heterocycles. The van der Waals surface area contributed by atoms with Crippen LogP contribution in [0.4, 0.5) is 0 Å². The summed E-state index contributed by atoms with van der Waals surface area (Å²) < 4.78 is 0. The minimum Gasteiger partial charge on any atom is -0.352 e. The van der Waals surface area contributed by atoms with Crippen molar-refractivity contribution in [2.24, 2.45) is 0 Å². The standard InChI is InChI=1S/C13H13NO/c1-9-4-3-5-10(2)13(9)12-7-6-11(8-15)14-12/h3-8,14H,1-2H3. The van der Waals surface area contributed by atoms with Gasteiger partial charge in [0, 0.05) is 11.3 Å². The highest BCUT2D eigenvalue weighted by atomic mass is 16.1. The fraction of sp³-hybridized carbons (Fsp3) is 0.154. The number of hydrogen-bond donors (Lipinski definition) is 1. The summed E-state index contributed by atoms with van der Waals surface area (Å²) in [6, 6.07) is 9.93. The van der Waals surface area contributed by atoms with Crippen molar-refractivity contribution in [1.82, 2.24) is 4.98 Å². The zero-order valence-electron chi connectivity index (χ0n) is 8.87. The maximum atomic E-state index is 10.6. The molecule has 2 rings (SSSR count). The van der Waals surface area contributed by atoms with Gasteiger partial charge in [0.15, 0.2) is 6.29 Å². The van der Waals surface area contributed by atoms with Crippen LogP contribution in [0.1, 0.15) is 21.6 Å². The van der Waals surface area contributed by atoms with Gasteiger partial charge >= 0.3 is 0 Å². The van der Waals surface area contributed by atoms with Crippen molar-refractivity contribution in [3.8, 4) is 11.3 Å². The lowest BCUT2D eigenvalue weighted by Crippen LogP contribution is -1.88. The third-order valence-corrected chi connectivity index (χ3v) is 2.59. The highest BCUT2D eigenvalue weighted by molar-refractivity contribution is 5.76. The molecule has 1 aromatic heterocycles. The number of hydrogen-bond acceptors (Lipinski definition) is 1. The van der Waals surface area contributed by atoms with Gasteiger partial charge < -0.3 is 4.98 Å². The topological polar surface area (TPSA) is 32.9 Å². The molecule has 0 fully saturated rings. The van der Waals surface area contributed by atoms with Gasteiger partial charge in [-0.05, 0) is 37.1 Å². The van der Waals surface area contributed by atoms with Crippen LogP contribution in [0.3, 0.4) is 0 Å². The van der Waals surface area contributed by atoms with Crippen molar-refractivity contribution >= 4 is 6.29 Å². The summed E-state index contributed by atoms with van der Waals surface area (Å²) in [6.07, 6.45) is 0.830. The summed E-state index contributed by atoms with van der Waals surface area (Å²) in [5.74, 6) is 0. The molecule has 2 nitrogen and oxygen atoms in total. The van der Waals surface area contributed by atoms with Crippen LogP contribution in [0.5, 0.6) is 0 Å². The summed E-state index contributed by atoms with van der Waals surface area (Å²) in [4.78, 5) is 13.7. The Morgan fingerprint density at radius 3 is 2.27 bits per heavy atom. The van der Waals surface area contributed by atoms with Gasteiger partial charge in [0.25, 0.3) is 0 Å². The first-order valence-electron chi connectivity index (χ1n) is 4.93. The third-order valence-electron chi connectivity index (χ3n) is 2.59. The normalized spacial score (nSPS) is 10.3. The maximum absolute atomic E-state index is 10.6. The largest absolute Gasteiger partial charge is 0.352 e. The fourth-order valence-electron chi connectivity index (χ4n) is 1.87. The minimum absolute atomic E-state index is 0.618. The molecule has 0 spiro atoms. The predicted molar refractivity (Wildman–Crippen MR) is 61.1 cm³/mol. The van der Waals surface area contributed by atoms with Crippen molar-refractivity contribution in [1.29, 1.82) is 0 Å². The fourth-order valence-corrected chi connectivity index (χ4v) is 1.87. The zero-order chi connectivity index (χ0) is 10.8. The van der Waals surface area contributed by atoms with Crippen LogP contribution in [-0.4, -0.2) is 11.3 Å². The summed E-state index contributed by atoms with van der Waals surface area (Å²) in [5, 5.41) is 0. The molecule has 76 valence electrons. The molecule has 0 saturated heterocycles.